The number of carbonyl (C=O) groups excluding carboxylic acids is 2. The van der Waals surface area contributed by atoms with E-state index in [1.165, 1.54) is 12.3 Å². The molecule has 5 aliphatic rings. The quantitative estimate of drug-likeness (QED) is 0.276. The first-order valence-electron chi connectivity index (χ1n) is 7.90. The van der Waals surface area contributed by atoms with Crippen molar-refractivity contribution in [3.63, 3.8) is 0 Å². The molecule has 4 aliphatic carbocycles. The third kappa shape index (κ3) is 1.74. The van der Waals surface area contributed by atoms with Crippen molar-refractivity contribution in [3.05, 3.63) is 39.3 Å². The maximum Gasteiger partial charge on any atom is 0.324 e. The zero-order valence-electron chi connectivity index (χ0n) is 12.4. The van der Waals surface area contributed by atoms with Gasteiger partial charge in [-0.25, -0.2) is 0 Å². The van der Waals surface area contributed by atoms with Crippen LogP contribution in [0.25, 0.3) is 0 Å². The highest BCUT2D eigenvalue weighted by atomic mass is 32.1. The summed E-state index contributed by atoms with van der Waals surface area (Å²) in [5.41, 5.74) is 0. The minimum Gasteiger partial charge on any atom is -0.272 e. The van der Waals surface area contributed by atoms with Crippen molar-refractivity contribution in [1.29, 1.82) is 0 Å². The number of thiophene rings is 1. The zero-order chi connectivity index (χ0) is 16.6. The Hall–Kier alpha value is -2.35. The smallest absolute Gasteiger partial charge is 0.272 e. The van der Waals surface area contributed by atoms with Gasteiger partial charge in [-0.05, 0) is 36.2 Å². The third-order valence-electron chi connectivity index (χ3n) is 5.73. The summed E-state index contributed by atoms with van der Waals surface area (Å²) in [6.45, 7) is 0. The van der Waals surface area contributed by atoms with Crippen LogP contribution < -0.4 is 0 Å². The van der Waals surface area contributed by atoms with Crippen LogP contribution in [-0.4, -0.2) is 28.0 Å². The van der Waals surface area contributed by atoms with Crippen molar-refractivity contribution < 1.29 is 14.5 Å². The van der Waals surface area contributed by atoms with Crippen LogP contribution in [0, 0.1) is 45.6 Å². The molecule has 2 saturated carbocycles. The molecular weight excluding hydrogens is 330 g/mol. The van der Waals surface area contributed by atoms with Gasteiger partial charge in [-0.15, -0.1) is 0 Å². The van der Waals surface area contributed by atoms with Crippen LogP contribution in [-0.2, 0) is 9.59 Å². The van der Waals surface area contributed by atoms with Crippen molar-refractivity contribution in [3.8, 4) is 0 Å². The number of hydrogen-bond acceptors (Lipinski definition) is 6. The fraction of sp³-hybridized carbons (Fsp3) is 0.438. The predicted molar refractivity (Wildman–Crippen MR) is 85.1 cm³/mol. The molecule has 24 heavy (non-hydrogen) atoms. The Morgan fingerprint density at radius 1 is 1.17 bits per heavy atom. The number of hydrogen-bond donors (Lipinski definition) is 0. The van der Waals surface area contributed by atoms with E-state index in [0.717, 1.165) is 22.8 Å². The lowest BCUT2D eigenvalue weighted by molar-refractivity contribution is -0.380. The minimum atomic E-state index is -0.474. The van der Waals surface area contributed by atoms with Crippen molar-refractivity contribution >= 4 is 34.4 Å². The Morgan fingerprint density at radius 2 is 1.79 bits per heavy atom. The van der Waals surface area contributed by atoms with E-state index in [-0.39, 0.29) is 40.5 Å². The molecule has 2 bridgehead atoms. The van der Waals surface area contributed by atoms with Crippen LogP contribution in [0.5, 0.6) is 0 Å². The molecule has 0 aromatic carbocycles. The summed E-state index contributed by atoms with van der Waals surface area (Å²) >= 11 is 0.963. The number of nitro groups is 1. The van der Waals surface area contributed by atoms with Gasteiger partial charge in [0.25, 0.3) is 11.8 Å². The molecule has 122 valence electrons. The first-order valence-corrected chi connectivity index (χ1v) is 8.72. The number of rotatable bonds is 3. The van der Waals surface area contributed by atoms with E-state index in [0.29, 0.717) is 16.7 Å². The summed E-state index contributed by atoms with van der Waals surface area (Å²) in [5, 5.41) is 15.8. The summed E-state index contributed by atoms with van der Waals surface area (Å²) in [5.74, 6) is 0.462. The second-order valence-corrected chi connectivity index (χ2v) is 7.91. The second-order valence-electron chi connectivity index (χ2n) is 6.82. The third-order valence-corrected chi connectivity index (χ3v) is 6.70. The van der Waals surface area contributed by atoms with E-state index in [4.69, 9.17) is 0 Å². The first-order chi connectivity index (χ1) is 11.6. The summed E-state index contributed by atoms with van der Waals surface area (Å²) < 4.78 is 0. The lowest BCUT2D eigenvalue weighted by atomic mass is 9.63. The molecule has 2 heterocycles. The number of carbonyl (C=O) groups is 2. The summed E-state index contributed by atoms with van der Waals surface area (Å²) in [6.07, 6.45) is 6.71. The molecule has 1 aromatic heterocycles. The number of nitrogens with zero attached hydrogens (tertiary/aromatic N) is 3. The number of hydrazone groups is 1. The van der Waals surface area contributed by atoms with E-state index in [1.807, 2.05) is 0 Å². The van der Waals surface area contributed by atoms with Crippen LogP contribution in [0.2, 0.25) is 0 Å². The van der Waals surface area contributed by atoms with Crippen LogP contribution >= 0.6 is 11.3 Å². The standard InChI is InChI=1S/C16H13N3O4S/c20-15-13-8-2-3-9(11-5-10(8)11)14(13)16(21)18(15)17-6-7-1-4-12(24-7)19(22)23/h1-4,6,8-11,13-14H,5H2/b17-6-/t8-,9-,10-,11+,13+,14+/m1/s1. The predicted octanol–water partition coefficient (Wildman–Crippen LogP) is 2.04. The maximum atomic E-state index is 12.7. The average Bonchev–Trinajstić information content (AvgIpc) is 3.20. The zero-order valence-corrected chi connectivity index (χ0v) is 13.3. The Balaban J connectivity index is 1.42. The molecule has 1 aromatic rings. The highest BCUT2D eigenvalue weighted by molar-refractivity contribution is 7.16. The second kappa shape index (κ2) is 4.60. The van der Waals surface area contributed by atoms with Gasteiger partial charge in [-0.2, -0.15) is 10.1 Å². The summed E-state index contributed by atoms with van der Waals surface area (Å²) in [4.78, 5) is 36.2. The molecule has 6 atom stereocenters. The fourth-order valence-corrected chi connectivity index (χ4v) is 5.37. The number of amides is 2. The largest absolute Gasteiger partial charge is 0.324 e. The normalized spacial score (nSPS) is 38.8. The summed E-state index contributed by atoms with van der Waals surface area (Å²) in [7, 11) is 0. The van der Waals surface area contributed by atoms with Crippen molar-refractivity contribution in [2.75, 3.05) is 0 Å². The maximum absolute atomic E-state index is 12.7. The molecule has 1 saturated heterocycles. The molecule has 0 N–H and O–H groups in total. The SMILES string of the molecule is O=C1[C@H]2[C@@H]3C=C[C@H]([C@@H]4C[C@H]34)[C@@H]2C(=O)N1/N=C\c1ccc([N+](=O)[O-])s1. The van der Waals surface area contributed by atoms with Crippen LogP contribution in [0.15, 0.2) is 29.4 Å². The molecule has 1 aliphatic heterocycles. The Bertz CT molecular complexity index is 808. The van der Waals surface area contributed by atoms with Gasteiger partial charge in [0, 0.05) is 6.07 Å². The molecule has 0 radical (unpaired) electrons. The van der Waals surface area contributed by atoms with Crippen LogP contribution in [0.3, 0.4) is 0 Å². The molecule has 8 heteroatoms. The van der Waals surface area contributed by atoms with E-state index in [2.05, 4.69) is 17.3 Å². The molecular formula is C16H13N3O4S. The van der Waals surface area contributed by atoms with Crippen LogP contribution in [0.4, 0.5) is 5.00 Å². The monoisotopic (exact) mass is 343 g/mol. The fourth-order valence-electron chi connectivity index (χ4n) is 4.68. The highest BCUT2D eigenvalue weighted by Gasteiger charge is 2.67. The van der Waals surface area contributed by atoms with Crippen LogP contribution in [0.1, 0.15) is 11.3 Å². The van der Waals surface area contributed by atoms with Gasteiger partial charge in [0.2, 0.25) is 0 Å². The van der Waals surface area contributed by atoms with E-state index in [9.17, 15) is 19.7 Å². The highest BCUT2D eigenvalue weighted by Crippen LogP contribution is 2.65. The Kier molecular flexibility index (Phi) is 2.69. The molecule has 3 fully saturated rings. The van der Waals surface area contributed by atoms with E-state index < -0.39 is 4.92 Å². The van der Waals surface area contributed by atoms with E-state index in [1.54, 1.807) is 6.07 Å². The van der Waals surface area contributed by atoms with Gasteiger partial charge in [0.15, 0.2) is 0 Å². The molecule has 0 spiro atoms. The first kappa shape index (κ1) is 14.0. The molecule has 6 rings (SSSR count). The molecule has 0 unspecified atom stereocenters. The minimum absolute atomic E-state index is 0.00604. The lowest BCUT2D eigenvalue weighted by Crippen LogP contribution is -2.40. The number of allylic oxidation sites excluding steroid dienone is 2. The lowest BCUT2D eigenvalue weighted by Gasteiger charge is -2.37. The molecule has 2 amide bonds. The molecule has 7 nitrogen and oxygen atoms in total. The average molecular weight is 343 g/mol. The van der Waals surface area contributed by atoms with Gasteiger partial charge >= 0.3 is 5.00 Å². The van der Waals surface area contributed by atoms with Crippen molar-refractivity contribution in [1.82, 2.24) is 5.01 Å². The van der Waals surface area contributed by atoms with Crippen molar-refractivity contribution in [2.45, 2.75) is 6.42 Å². The Labute approximate surface area is 140 Å². The van der Waals surface area contributed by atoms with Gasteiger partial charge in [0.1, 0.15) is 0 Å². The van der Waals surface area contributed by atoms with Gasteiger partial charge < -0.3 is 0 Å². The Morgan fingerprint density at radius 3 is 2.33 bits per heavy atom. The van der Waals surface area contributed by atoms with Gasteiger partial charge in [-0.1, -0.05) is 23.5 Å². The van der Waals surface area contributed by atoms with Crippen molar-refractivity contribution in [2.24, 2.45) is 40.6 Å². The summed E-state index contributed by atoms with van der Waals surface area (Å²) in [6, 6.07) is 2.95. The van der Waals surface area contributed by atoms with E-state index >= 15 is 0 Å². The topological polar surface area (TPSA) is 92.9 Å². The van der Waals surface area contributed by atoms with Gasteiger partial charge in [-0.3, -0.25) is 19.7 Å². The van der Waals surface area contributed by atoms with Gasteiger partial charge in [0.05, 0.1) is 27.9 Å². The number of imide groups is 1.